The van der Waals surface area contributed by atoms with E-state index in [1.165, 1.54) is 0 Å². The molecule has 16 heavy (non-hydrogen) atoms. The van der Waals surface area contributed by atoms with E-state index in [9.17, 15) is 0 Å². The zero-order chi connectivity index (χ0) is 11.7. The highest BCUT2D eigenvalue weighted by Gasteiger charge is 2.17. The van der Waals surface area contributed by atoms with Gasteiger partial charge in [-0.25, -0.2) is 0 Å². The summed E-state index contributed by atoms with van der Waals surface area (Å²) in [6.45, 7) is 4.27. The molecule has 84 valence electrons. The van der Waals surface area contributed by atoms with Crippen LogP contribution >= 0.6 is 0 Å². The monoisotopic (exact) mass is 215 g/mol. The number of hydrogen-bond acceptors (Lipinski definition) is 2. The molecule has 1 heterocycles. The average molecular weight is 215 g/mol. The third kappa shape index (κ3) is 1.69. The molecule has 0 aliphatic carbocycles. The van der Waals surface area contributed by atoms with Crippen LogP contribution in [0.15, 0.2) is 30.3 Å². The first-order valence-corrected chi connectivity index (χ1v) is 5.49. The van der Waals surface area contributed by atoms with Crippen molar-refractivity contribution in [2.24, 2.45) is 7.05 Å². The van der Waals surface area contributed by atoms with Crippen LogP contribution in [0.2, 0.25) is 0 Å². The molecule has 0 bridgehead atoms. The van der Waals surface area contributed by atoms with Gasteiger partial charge in [-0.05, 0) is 11.5 Å². The topological polar surface area (TPSA) is 43.8 Å². The van der Waals surface area contributed by atoms with Crippen LogP contribution in [0.3, 0.4) is 0 Å². The van der Waals surface area contributed by atoms with Crippen LogP contribution in [-0.2, 0) is 7.05 Å². The maximum atomic E-state index is 6.07. The lowest BCUT2D eigenvalue weighted by Gasteiger charge is -2.06. The highest BCUT2D eigenvalue weighted by Crippen LogP contribution is 2.32. The fraction of sp³-hybridized carbons (Fsp3) is 0.308. The van der Waals surface area contributed by atoms with E-state index in [2.05, 4.69) is 31.1 Å². The van der Waals surface area contributed by atoms with Crippen LogP contribution in [0.5, 0.6) is 0 Å². The molecule has 0 atom stereocenters. The second-order valence-corrected chi connectivity index (χ2v) is 4.29. The Kier molecular flexibility index (Phi) is 2.69. The summed E-state index contributed by atoms with van der Waals surface area (Å²) in [6, 6.07) is 10.2. The highest BCUT2D eigenvalue weighted by atomic mass is 15.3. The first kappa shape index (κ1) is 10.7. The largest absolute Gasteiger partial charge is 0.383 e. The quantitative estimate of drug-likeness (QED) is 0.837. The van der Waals surface area contributed by atoms with Crippen molar-refractivity contribution < 1.29 is 0 Å². The van der Waals surface area contributed by atoms with Gasteiger partial charge in [-0.3, -0.25) is 4.68 Å². The van der Waals surface area contributed by atoms with Gasteiger partial charge in [0.05, 0.1) is 5.69 Å². The lowest BCUT2D eigenvalue weighted by Crippen LogP contribution is -1.98. The number of nitrogen functional groups attached to an aromatic ring is 1. The van der Waals surface area contributed by atoms with Gasteiger partial charge in [0.25, 0.3) is 0 Å². The van der Waals surface area contributed by atoms with Crippen LogP contribution in [0.25, 0.3) is 11.1 Å². The van der Waals surface area contributed by atoms with Crippen molar-refractivity contribution in [1.29, 1.82) is 0 Å². The van der Waals surface area contributed by atoms with Gasteiger partial charge in [0.15, 0.2) is 0 Å². The van der Waals surface area contributed by atoms with Crippen LogP contribution in [0.1, 0.15) is 25.5 Å². The minimum absolute atomic E-state index is 0.374. The molecule has 0 fully saturated rings. The summed E-state index contributed by atoms with van der Waals surface area (Å²) in [7, 11) is 1.88. The molecule has 0 radical (unpaired) electrons. The first-order chi connectivity index (χ1) is 7.61. The van der Waals surface area contributed by atoms with Crippen molar-refractivity contribution in [3.8, 4) is 11.1 Å². The summed E-state index contributed by atoms with van der Waals surface area (Å²) in [6.07, 6.45) is 0. The second-order valence-electron chi connectivity index (χ2n) is 4.29. The SMILES string of the molecule is CC(C)c1nn(C)c(N)c1-c1ccccc1. The molecule has 1 aromatic heterocycles. The number of anilines is 1. The van der Waals surface area contributed by atoms with Gasteiger partial charge in [-0.1, -0.05) is 44.2 Å². The summed E-state index contributed by atoms with van der Waals surface area (Å²) in [5, 5.41) is 4.48. The molecule has 1 aromatic carbocycles. The number of aryl methyl sites for hydroxylation is 1. The summed E-state index contributed by atoms with van der Waals surface area (Å²) >= 11 is 0. The number of nitrogens with zero attached hydrogens (tertiary/aromatic N) is 2. The van der Waals surface area contributed by atoms with Gasteiger partial charge >= 0.3 is 0 Å². The van der Waals surface area contributed by atoms with E-state index in [1.807, 2.05) is 25.2 Å². The normalized spacial score (nSPS) is 11.0. The van der Waals surface area contributed by atoms with E-state index >= 15 is 0 Å². The number of nitrogens with two attached hydrogens (primary N) is 1. The number of hydrogen-bond donors (Lipinski definition) is 1. The molecule has 0 saturated heterocycles. The average Bonchev–Trinajstić information content (AvgIpc) is 2.57. The Morgan fingerprint density at radius 2 is 1.81 bits per heavy atom. The minimum atomic E-state index is 0.374. The van der Waals surface area contributed by atoms with Crippen LogP contribution < -0.4 is 5.73 Å². The summed E-state index contributed by atoms with van der Waals surface area (Å²) < 4.78 is 1.75. The van der Waals surface area contributed by atoms with Crippen molar-refractivity contribution in [3.05, 3.63) is 36.0 Å². The second kappa shape index (κ2) is 4.00. The zero-order valence-electron chi connectivity index (χ0n) is 9.94. The van der Waals surface area contributed by atoms with Gasteiger partial charge in [-0.2, -0.15) is 5.10 Å². The van der Waals surface area contributed by atoms with Crippen molar-refractivity contribution in [2.75, 3.05) is 5.73 Å². The summed E-state index contributed by atoms with van der Waals surface area (Å²) in [5.41, 5.74) is 9.34. The third-order valence-corrected chi connectivity index (χ3v) is 2.73. The number of rotatable bonds is 2. The Bertz CT molecular complexity index is 483. The predicted octanol–water partition coefficient (Wildman–Crippen LogP) is 2.79. The maximum Gasteiger partial charge on any atom is 0.129 e. The standard InChI is InChI=1S/C13H17N3/c1-9(2)12-11(13(14)16(3)15-12)10-7-5-4-6-8-10/h4-9H,14H2,1-3H3. The van der Waals surface area contributed by atoms with Gasteiger partial charge in [-0.15, -0.1) is 0 Å². The fourth-order valence-corrected chi connectivity index (χ4v) is 1.86. The first-order valence-electron chi connectivity index (χ1n) is 5.49. The van der Waals surface area contributed by atoms with E-state index in [-0.39, 0.29) is 0 Å². The van der Waals surface area contributed by atoms with Crippen molar-refractivity contribution >= 4 is 5.82 Å². The van der Waals surface area contributed by atoms with Crippen molar-refractivity contribution in [2.45, 2.75) is 19.8 Å². The van der Waals surface area contributed by atoms with Gasteiger partial charge in [0.1, 0.15) is 5.82 Å². The van der Waals surface area contributed by atoms with Crippen LogP contribution in [-0.4, -0.2) is 9.78 Å². The molecule has 0 aliphatic heterocycles. The van der Waals surface area contributed by atoms with Crippen LogP contribution in [0.4, 0.5) is 5.82 Å². The Labute approximate surface area is 95.9 Å². The van der Waals surface area contributed by atoms with Crippen molar-refractivity contribution in [1.82, 2.24) is 9.78 Å². The van der Waals surface area contributed by atoms with Crippen LogP contribution in [0, 0.1) is 0 Å². The molecule has 0 aliphatic rings. The lowest BCUT2D eigenvalue weighted by molar-refractivity contribution is 0.719. The fourth-order valence-electron chi connectivity index (χ4n) is 1.86. The molecule has 0 unspecified atom stereocenters. The van der Waals surface area contributed by atoms with E-state index in [0.717, 1.165) is 22.6 Å². The molecule has 2 aromatic rings. The maximum absolute atomic E-state index is 6.07. The molecule has 0 amide bonds. The third-order valence-electron chi connectivity index (χ3n) is 2.73. The van der Waals surface area contributed by atoms with Gasteiger partial charge < -0.3 is 5.73 Å². The minimum Gasteiger partial charge on any atom is -0.383 e. The summed E-state index contributed by atoms with van der Waals surface area (Å²) in [5.74, 6) is 1.11. The zero-order valence-corrected chi connectivity index (χ0v) is 9.94. The summed E-state index contributed by atoms with van der Waals surface area (Å²) in [4.78, 5) is 0. The molecule has 3 nitrogen and oxygen atoms in total. The lowest BCUT2D eigenvalue weighted by atomic mass is 9.99. The Morgan fingerprint density at radius 1 is 1.19 bits per heavy atom. The van der Waals surface area contributed by atoms with Gasteiger partial charge in [0.2, 0.25) is 0 Å². The van der Waals surface area contributed by atoms with Gasteiger partial charge in [0, 0.05) is 12.6 Å². The smallest absolute Gasteiger partial charge is 0.129 e. The van der Waals surface area contributed by atoms with E-state index in [4.69, 9.17) is 5.73 Å². The van der Waals surface area contributed by atoms with Crippen molar-refractivity contribution in [3.63, 3.8) is 0 Å². The van der Waals surface area contributed by atoms with E-state index in [0.29, 0.717) is 5.92 Å². The molecular weight excluding hydrogens is 198 g/mol. The predicted molar refractivity (Wildman–Crippen MR) is 67.1 cm³/mol. The number of benzene rings is 1. The van der Waals surface area contributed by atoms with E-state index in [1.54, 1.807) is 4.68 Å². The molecular formula is C13H17N3. The van der Waals surface area contributed by atoms with E-state index < -0.39 is 0 Å². The molecule has 0 spiro atoms. The Balaban J connectivity index is 2.64. The molecule has 2 N–H and O–H groups in total. The molecule has 3 heteroatoms. The highest BCUT2D eigenvalue weighted by molar-refractivity contribution is 5.77. The Morgan fingerprint density at radius 3 is 2.38 bits per heavy atom. The Hall–Kier alpha value is -1.77. The molecule has 0 saturated carbocycles. The number of aromatic nitrogens is 2. The molecule has 2 rings (SSSR count).